The summed E-state index contributed by atoms with van der Waals surface area (Å²) in [7, 11) is 0. The summed E-state index contributed by atoms with van der Waals surface area (Å²) in [5, 5.41) is 6.88. The van der Waals surface area contributed by atoms with Crippen LogP contribution >= 0.6 is 0 Å². The normalized spacial score (nSPS) is 17.1. The third-order valence-electron chi connectivity index (χ3n) is 3.18. The molecule has 0 aliphatic heterocycles. The number of hydrogen-bond acceptors (Lipinski definition) is 2. The monoisotopic (exact) mass is 236 g/mol. The summed E-state index contributed by atoms with van der Waals surface area (Å²) in [5.41, 5.74) is 1.71. The molecule has 94 valence electrons. The molecule has 1 fully saturated rings. The fourth-order valence-corrected chi connectivity index (χ4v) is 1.74. The molecule has 1 aromatic carbocycles. The molecular weight excluding hydrogens is 215 g/mol. The van der Waals surface area contributed by atoms with Crippen molar-refractivity contribution in [2.24, 2.45) is 0 Å². The minimum Gasteiger partial charge on any atom is -0.312 e. The van der Waals surface area contributed by atoms with Gasteiger partial charge in [-0.25, -0.2) is 4.39 Å². The van der Waals surface area contributed by atoms with Crippen LogP contribution in [-0.4, -0.2) is 18.6 Å². The van der Waals surface area contributed by atoms with E-state index in [1.165, 1.54) is 12.8 Å². The first-order valence-corrected chi connectivity index (χ1v) is 6.37. The van der Waals surface area contributed by atoms with Crippen molar-refractivity contribution in [1.82, 2.24) is 10.6 Å². The SMILES string of the molecule is Cc1ccc(CNC(C)CNC2CC2)cc1F. The van der Waals surface area contributed by atoms with E-state index in [9.17, 15) is 4.39 Å². The Labute approximate surface area is 103 Å². The predicted octanol–water partition coefficient (Wildman–Crippen LogP) is 2.36. The molecule has 1 aromatic rings. The second-order valence-corrected chi connectivity index (χ2v) is 5.05. The molecule has 3 heteroatoms. The van der Waals surface area contributed by atoms with E-state index in [2.05, 4.69) is 17.6 Å². The molecule has 2 N–H and O–H groups in total. The van der Waals surface area contributed by atoms with Gasteiger partial charge in [0.25, 0.3) is 0 Å². The fraction of sp³-hybridized carbons (Fsp3) is 0.571. The Morgan fingerprint density at radius 3 is 2.82 bits per heavy atom. The highest BCUT2D eigenvalue weighted by molar-refractivity contribution is 5.23. The number of nitrogens with one attached hydrogen (secondary N) is 2. The van der Waals surface area contributed by atoms with Crippen LogP contribution in [0.1, 0.15) is 30.9 Å². The zero-order valence-electron chi connectivity index (χ0n) is 10.6. The first kappa shape index (κ1) is 12.5. The Kier molecular flexibility index (Phi) is 4.13. The highest BCUT2D eigenvalue weighted by Crippen LogP contribution is 2.18. The quantitative estimate of drug-likeness (QED) is 0.792. The maximum absolute atomic E-state index is 13.3. The largest absolute Gasteiger partial charge is 0.312 e. The number of hydrogen-bond donors (Lipinski definition) is 2. The minimum absolute atomic E-state index is 0.118. The summed E-state index contributed by atoms with van der Waals surface area (Å²) in [6.45, 7) is 5.65. The van der Waals surface area contributed by atoms with Gasteiger partial charge in [-0.05, 0) is 43.9 Å². The van der Waals surface area contributed by atoms with Crippen LogP contribution in [0.25, 0.3) is 0 Å². The van der Waals surface area contributed by atoms with Crippen molar-refractivity contribution in [2.75, 3.05) is 6.54 Å². The number of aryl methyl sites for hydroxylation is 1. The molecule has 0 bridgehead atoms. The minimum atomic E-state index is -0.118. The van der Waals surface area contributed by atoms with E-state index >= 15 is 0 Å². The van der Waals surface area contributed by atoms with Crippen LogP contribution in [-0.2, 0) is 6.54 Å². The van der Waals surface area contributed by atoms with Gasteiger partial charge in [0.15, 0.2) is 0 Å². The third-order valence-corrected chi connectivity index (χ3v) is 3.18. The molecule has 2 nitrogen and oxygen atoms in total. The summed E-state index contributed by atoms with van der Waals surface area (Å²) >= 11 is 0. The van der Waals surface area contributed by atoms with Gasteiger partial charge < -0.3 is 10.6 Å². The zero-order valence-corrected chi connectivity index (χ0v) is 10.6. The molecule has 1 atom stereocenters. The molecule has 1 saturated carbocycles. The summed E-state index contributed by atoms with van der Waals surface area (Å²) in [5.74, 6) is -0.118. The average molecular weight is 236 g/mol. The van der Waals surface area contributed by atoms with E-state index < -0.39 is 0 Å². The average Bonchev–Trinajstić information content (AvgIpc) is 3.12. The zero-order chi connectivity index (χ0) is 12.3. The van der Waals surface area contributed by atoms with Gasteiger partial charge in [-0.1, -0.05) is 12.1 Å². The van der Waals surface area contributed by atoms with Gasteiger partial charge >= 0.3 is 0 Å². The van der Waals surface area contributed by atoms with Crippen LogP contribution in [0.15, 0.2) is 18.2 Å². The highest BCUT2D eigenvalue weighted by atomic mass is 19.1. The topological polar surface area (TPSA) is 24.1 Å². The summed E-state index contributed by atoms with van der Waals surface area (Å²) in [4.78, 5) is 0. The summed E-state index contributed by atoms with van der Waals surface area (Å²) in [6, 6.07) is 6.59. The predicted molar refractivity (Wildman–Crippen MR) is 68.5 cm³/mol. The van der Waals surface area contributed by atoms with Crippen LogP contribution in [0.4, 0.5) is 4.39 Å². The molecule has 1 aliphatic rings. The molecule has 1 aliphatic carbocycles. The van der Waals surface area contributed by atoms with Crippen LogP contribution in [0.3, 0.4) is 0 Å². The van der Waals surface area contributed by atoms with Crippen molar-refractivity contribution in [2.45, 2.75) is 45.3 Å². The van der Waals surface area contributed by atoms with Crippen LogP contribution in [0.5, 0.6) is 0 Å². The first-order valence-electron chi connectivity index (χ1n) is 6.37. The van der Waals surface area contributed by atoms with Gasteiger partial charge in [0.1, 0.15) is 5.82 Å². The second-order valence-electron chi connectivity index (χ2n) is 5.05. The lowest BCUT2D eigenvalue weighted by atomic mass is 10.1. The van der Waals surface area contributed by atoms with Gasteiger partial charge in [-0.15, -0.1) is 0 Å². The van der Waals surface area contributed by atoms with Crippen molar-refractivity contribution in [1.29, 1.82) is 0 Å². The second kappa shape index (κ2) is 5.61. The molecule has 0 saturated heterocycles. The van der Waals surface area contributed by atoms with Crippen LogP contribution in [0.2, 0.25) is 0 Å². The van der Waals surface area contributed by atoms with Crippen LogP contribution in [0, 0.1) is 12.7 Å². The number of halogens is 1. The Morgan fingerprint density at radius 1 is 1.41 bits per heavy atom. The van der Waals surface area contributed by atoms with Crippen molar-refractivity contribution >= 4 is 0 Å². The molecule has 0 spiro atoms. The lowest BCUT2D eigenvalue weighted by molar-refractivity contribution is 0.498. The molecule has 2 rings (SSSR count). The molecule has 17 heavy (non-hydrogen) atoms. The van der Waals surface area contributed by atoms with E-state index in [0.29, 0.717) is 11.6 Å². The Bertz CT molecular complexity index is 374. The van der Waals surface area contributed by atoms with Gasteiger partial charge in [-0.3, -0.25) is 0 Å². The third kappa shape index (κ3) is 4.10. The highest BCUT2D eigenvalue weighted by Gasteiger charge is 2.20. The lowest BCUT2D eigenvalue weighted by Crippen LogP contribution is -2.36. The molecule has 0 aromatic heterocycles. The maximum atomic E-state index is 13.3. The van der Waals surface area contributed by atoms with E-state index in [1.807, 2.05) is 12.1 Å². The maximum Gasteiger partial charge on any atom is 0.126 e. The van der Waals surface area contributed by atoms with Gasteiger partial charge in [0.05, 0.1) is 0 Å². The van der Waals surface area contributed by atoms with E-state index in [0.717, 1.165) is 24.7 Å². The van der Waals surface area contributed by atoms with Gasteiger partial charge in [0.2, 0.25) is 0 Å². The van der Waals surface area contributed by atoms with Crippen LogP contribution < -0.4 is 10.6 Å². The van der Waals surface area contributed by atoms with Crippen molar-refractivity contribution in [3.63, 3.8) is 0 Å². The Hall–Kier alpha value is -0.930. The Balaban J connectivity index is 1.73. The molecular formula is C14H21FN2. The van der Waals surface area contributed by atoms with Gasteiger partial charge in [-0.2, -0.15) is 0 Å². The first-order chi connectivity index (χ1) is 8.15. The smallest absolute Gasteiger partial charge is 0.126 e. The Morgan fingerprint density at radius 2 is 2.18 bits per heavy atom. The molecule has 0 heterocycles. The van der Waals surface area contributed by atoms with E-state index in [1.54, 1.807) is 13.0 Å². The van der Waals surface area contributed by atoms with Crippen molar-refractivity contribution in [3.8, 4) is 0 Å². The number of benzene rings is 1. The van der Waals surface area contributed by atoms with E-state index in [4.69, 9.17) is 0 Å². The summed E-state index contributed by atoms with van der Waals surface area (Å²) in [6.07, 6.45) is 2.63. The standard InChI is InChI=1S/C14H21FN2/c1-10-3-4-12(7-14(10)15)9-16-11(2)8-17-13-5-6-13/h3-4,7,11,13,16-17H,5-6,8-9H2,1-2H3. The summed E-state index contributed by atoms with van der Waals surface area (Å²) < 4.78 is 13.3. The number of rotatable bonds is 6. The molecule has 0 radical (unpaired) electrons. The van der Waals surface area contributed by atoms with Gasteiger partial charge in [0, 0.05) is 25.2 Å². The van der Waals surface area contributed by atoms with Crippen molar-refractivity contribution in [3.05, 3.63) is 35.1 Å². The fourth-order valence-electron chi connectivity index (χ4n) is 1.74. The van der Waals surface area contributed by atoms with Crippen molar-refractivity contribution < 1.29 is 4.39 Å². The van der Waals surface area contributed by atoms with E-state index in [-0.39, 0.29) is 5.82 Å². The molecule has 0 amide bonds. The molecule has 1 unspecified atom stereocenters. The lowest BCUT2D eigenvalue weighted by Gasteiger charge is -2.14.